The van der Waals surface area contributed by atoms with Crippen LogP contribution in [0.4, 0.5) is 0 Å². The van der Waals surface area contributed by atoms with Gasteiger partial charge in [0.25, 0.3) is 0 Å². The largest absolute Gasteiger partial charge is 0.361 e. The molecule has 0 aromatic rings. The zero-order valence-corrected chi connectivity index (χ0v) is 10.8. The van der Waals surface area contributed by atoms with Gasteiger partial charge < -0.3 is 11.1 Å². The van der Waals surface area contributed by atoms with Crippen molar-refractivity contribution < 1.29 is 9.58 Å². The molecule has 0 atom stereocenters. The molecule has 0 saturated heterocycles. The molecule has 0 unspecified atom stereocenters. The summed E-state index contributed by atoms with van der Waals surface area (Å²) in [6.07, 6.45) is 8.15. The van der Waals surface area contributed by atoms with Crippen LogP contribution in [-0.2, 0) is 0 Å². The molecule has 2 aliphatic carbocycles. The van der Waals surface area contributed by atoms with Crippen LogP contribution in [0.25, 0.3) is 11.1 Å². The summed E-state index contributed by atoms with van der Waals surface area (Å²) >= 11 is 11.9. The molecular formula is C12H8Cl2N4. The standard InChI is InChI=1S/C12H8Cl2N4/c13-9-5-7(1-3-11(9)17-15)8-2-4-12(18-16)10(14)6-8/h1-2,5-6H,3-4H2. The number of halogens is 2. The predicted molar refractivity (Wildman–Crippen MR) is 70.5 cm³/mol. The third-order valence-electron chi connectivity index (χ3n) is 2.72. The molecule has 90 valence electrons. The summed E-state index contributed by atoms with van der Waals surface area (Å²) in [5, 5.41) is 0.809. The molecule has 4 nitrogen and oxygen atoms in total. The first-order valence-corrected chi connectivity index (χ1v) is 5.99. The molecule has 0 radical (unpaired) electrons. The molecule has 0 fully saturated rings. The summed E-state index contributed by atoms with van der Waals surface area (Å²) < 4.78 is 0. The van der Waals surface area contributed by atoms with Gasteiger partial charge in [-0.25, -0.2) is 0 Å². The van der Waals surface area contributed by atoms with Crippen LogP contribution in [0.2, 0.25) is 0 Å². The Kier molecular flexibility index (Phi) is 3.75. The maximum absolute atomic E-state index is 8.71. The summed E-state index contributed by atoms with van der Waals surface area (Å²) in [5.41, 5.74) is 20.1. The molecule has 0 spiro atoms. The lowest BCUT2D eigenvalue weighted by Crippen LogP contribution is -2.08. The highest BCUT2D eigenvalue weighted by atomic mass is 35.5. The van der Waals surface area contributed by atoms with E-state index in [4.69, 9.17) is 34.3 Å². The number of hydrogen-bond acceptors (Lipinski definition) is 0. The molecule has 6 heteroatoms. The van der Waals surface area contributed by atoms with Crippen LogP contribution in [0, 0.1) is 0 Å². The Morgan fingerprint density at radius 2 is 1.22 bits per heavy atom. The maximum Gasteiger partial charge on any atom is 0.314 e. The SMILES string of the molecule is [N-]=[N+]=C1CC=C(C2=CCC(=[N+]=[N-])C(Cl)=C2)C=C1Cl. The second kappa shape index (κ2) is 5.30. The zero-order valence-electron chi connectivity index (χ0n) is 9.27. The third-order valence-corrected chi connectivity index (χ3v) is 3.38. The van der Waals surface area contributed by atoms with E-state index in [9.17, 15) is 0 Å². The summed E-state index contributed by atoms with van der Waals surface area (Å²) in [7, 11) is 0. The first-order chi connectivity index (χ1) is 8.65. The smallest absolute Gasteiger partial charge is 0.314 e. The summed E-state index contributed by atoms with van der Waals surface area (Å²) in [4.78, 5) is 6.21. The van der Waals surface area contributed by atoms with Gasteiger partial charge in [0.05, 0.1) is 12.8 Å². The number of allylic oxidation sites excluding steroid dienone is 8. The minimum atomic E-state index is 0.405. The van der Waals surface area contributed by atoms with Gasteiger partial charge in [-0.05, 0) is 23.3 Å². The van der Waals surface area contributed by atoms with Crippen LogP contribution >= 0.6 is 23.2 Å². The van der Waals surface area contributed by atoms with Crippen LogP contribution in [0.5, 0.6) is 0 Å². The lowest BCUT2D eigenvalue weighted by molar-refractivity contribution is -0.00635. The van der Waals surface area contributed by atoms with Gasteiger partial charge in [-0.15, -0.1) is 0 Å². The molecule has 0 saturated carbocycles. The minimum Gasteiger partial charge on any atom is -0.361 e. The Labute approximate surface area is 114 Å². The molecular weight excluding hydrogens is 271 g/mol. The minimum absolute atomic E-state index is 0.405. The highest BCUT2D eigenvalue weighted by molar-refractivity contribution is 6.44. The Hall–Kier alpha value is -1.70. The molecule has 0 amide bonds. The van der Waals surface area contributed by atoms with E-state index in [-0.39, 0.29) is 0 Å². The fourth-order valence-electron chi connectivity index (χ4n) is 1.75. The average Bonchev–Trinajstić information content (AvgIpc) is 2.38. The number of rotatable bonds is 1. The molecule has 0 bridgehead atoms. The van der Waals surface area contributed by atoms with E-state index in [1.54, 1.807) is 12.2 Å². The predicted octanol–water partition coefficient (Wildman–Crippen LogP) is 3.23. The summed E-state index contributed by atoms with van der Waals surface area (Å²) in [5.74, 6) is 0. The Morgan fingerprint density at radius 1 is 0.833 bits per heavy atom. The second-order valence-corrected chi connectivity index (χ2v) is 4.62. The molecule has 2 aliphatic rings. The Bertz CT molecular complexity index is 568. The van der Waals surface area contributed by atoms with Crippen LogP contribution < -0.4 is 0 Å². The normalized spacial score (nSPS) is 19.2. The van der Waals surface area contributed by atoms with E-state index < -0.39 is 0 Å². The molecule has 2 rings (SSSR count). The number of hydrogen-bond donors (Lipinski definition) is 0. The van der Waals surface area contributed by atoms with Crippen LogP contribution in [0.3, 0.4) is 0 Å². The Morgan fingerprint density at radius 3 is 1.50 bits per heavy atom. The fraction of sp³-hybridized carbons (Fsp3) is 0.167. The van der Waals surface area contributed by atoms with Crippen LogP contribution in [-0.4, -0.2) is 21.0 Å². The van der Waals surface area contributed by atoms with Crippen molar-refractivity contribution in [2.75, 3.05) is 0 Å². The summed E-state index contributed by atoms with van der Waals surface area (Å²) in [6.45, 7) is 0. The van der Waals surface area contributed by atoms with Crippen molar-refractivity contribution in [2.24, 2.45) is 0 Å². The summed E-state index contributed by atoms with van der Waals surface area (Å²) in [6, 6.07) is 0. The first kappa shape index (κ1) is 12.7. The van der Waals surface area contributed by atoms with Crippen molar-refractivity contribution in [3.63, 3.8) is 0 Å². The van der Waals surface area contributed by atoms with Crippen LogP contribution in [0.1, 0.15) is 12.8 Å². The quantitative estimate of drug-likeness (QED) is 0.522. The van der Waals surface area contributed by atoms with E-state index in [0.717, 1.165) is 11.1 Å². The molecule has 0 aromatic heterocycles. The van der Waals surface area contributed by atoms with Gasteiger partial charge in [0.2, 0.25) is 0 Å². The van der Waals surface area contributed by atoms with Gasteiger partial charge in [0.15, 0.2) is 0 Å². The number of nitrogens with zero attached hydrogens (tertiary/aromatic N) is 4. The van der Waals surface area contributed by atoms with Crippen molar-refractivity contribution in [3.8, 4) is 0 Å². The maximum atomic E-state index is 8.71. The molecule has 0 heterocycles. The highest BCUT2D eigenvalue weighted by Gasteiger charge is 2.22. The van der Waals surface area contributed by atoms with Crippen molar-refractivity contribution >= 4 is 34.6 Å². The monoisotopic (exact) mass is 278 g/mol. The van der Waals surface area contributed by atoms with Crippen molar-refractivity contribution in [3.05, 3.63) is 56.6 Å². The highest BCUT2D eigenvalue weighted by Crippen LogP contribution is 2.28. The van der Waals surface area contributed by atoms with E-state index in [1.807, 2.05) is 12.2 Å². The van der Waals surface area contributed by atoms with Gasteiger partial charge in [-0.3, -0.25) is 0 Å². The van der Waals surface area contributed by atoms with Crippen LogP contribution in [0.15, 0.2) is 45.5 Å². The van der Waals surface area contributed by atoms with Gasteiger partial charge >= 0.3 is 11.4 Å². The van der Waals surface area contributed by atoms with E-state index >= 15 is 0 Å². The average molecular weight is 279 g/mol. The molecule has 0 aliphatic heterocycles. The molecule has 18 heavy (non-hydrogen) atoms. The van der Waals surface area contributed by atoms with E-state index in [2.05, 4.69) is 9.58 Å². The first-order valence-electron chi connectivity index (χ1n) is 5.23. The third kappa shape index (κ3) is 2.42. The van der Waals surface area contributed by atoms with Crippen molar-refractivity contribution in [1.29, 1.82) is 0 Å². The van der Waals surface area contributed by atoms with Gasteiger partial charge in [0.1, 0.15) is 10.1 Å². The van der Waals surface area contributed by atoms with Crippen molar-refractivity contribution in [1.82, 2.24) is 0 Å². The van der Waals surface area contributed by atoms with Gasteiger partial charge in [-0.2, -0.15) is 9.58 Å². The fourth-order valence-corrected chi connectivity index (χ4v) is 2.21. The Balaban J connectivity index is 2.32. The van der Waals surface area contributed by atoms with Gasteiger partial charge in [-0.1, -0.05) is 35.4 Å². The van der Waals surface area contributed by atoms with E-state index in [1.165, 1.54) is 0 Å². The van der Waals surface area contributed by atoms with Gasteiger partial charge in [0, 0.05) is 0 Å². The molecule has 0 aromatic carbocycles. The second-order valence-electron chi connectivity index (χ2n) is 3.81. The topological polar surface area (TPSA) is 72.8 Å². The van der Waals surface area contributed by atoms with Crippen molar-refractivity contribution in [2.45, 2.75) is 12.8 Å². The lowest BCUT2D eigenvalue weighted by Gasteiger charge is -2.11. The van der Waals surface area contributed by atoms with E-state index in [0.29, 0.717) is 34.3 Å². The lowest BCUT2D eigenvalue weighted by atomic mass is 9.94. The molecule has 0 N–H and O–H groups in total. The zero-order chi connectivity index (χ0) is 13.1.